The molecule has 1 N–H and O–H groups in total. The van der Waals surface area contributed by atoms with Gasteiger partial charge in [-0.2, -0.15) is 4.31 Å². The second kappa shape index (κ2) is 11.5. The highest BCUT2D eigenvalue weighted by Gasteiger charge is 2.23. The van der Waals surface area contributed by atoms with Crippen molar-refractivity contribution in [3.05, 3.63) is 52.5 Å². The van der Waals surface area contributed by atoms with E-state index in [4.69, 9.17) is 4.74 Å². The molecule has 0 spiro atoms. The summed E-state index contributed by atoms with van der Waals surface area (Å²) in [7, 11) is -3.55. The van der Waals surface area contributed by atoms with Crippen LogP contribution in [-0.4, -0.2) is 38.3 Å². The lowest BCUT2D eigenvalue weighted by Gasteiger charge is -2.21. The average molecular weight is 497 g/mol. The normalized spacial score (nSPS) is 11.5. The van der Waals surface area contributed by atoms with Crippen LogP contribution in [0.4, 0.5) is 5.69 Å². The molecule has 2 aromatic carbocycles. The maximum Gasteiger partial charge on any atom is 0.259 e. The van der Waals surface area contributed by atoms with E-state index in [1.165, 1.54) is 16.4 Å². The number of ether oxygens (including phenoxy) is 1. The molecule has 2 aromatic rings. The first kappa shape index (κ1) is 24.4. The van der Waals surface area contributed by atoms with E-state index in [0.717, 1.165) is 23.7 Å². The van der Waals surface area contributed by atoms with Crippen molar-refractivity contribution in [2.75, 3.05) is 25.0 Å². The molecule has 0 saturated heterocycles. The van der Waals surface area contributed by atoms with Crippen LogP contribution in [-0.2, 0) is 10.0 Å². The minimum absolute atomic E-state index is 0.219. The van der Waals surface area contributed by atoms with Crippen molar-refractivity contribution in [1.29, 1.82) is 0 Å². The quantitative estimate of drug-likeness (QED) is 0.457. The van der Waals surface area contributed by atoms with Gasteiger partial charge in [-0.1, -0.05) is 36.7 Å². The third kappa shape index (κ3) is 6.30. The SMILES string of the molecule is CCCOc1ccc(Br)cc1C(=O)Nc1ccc(S(=O)(=O)N(CCC)CCC)cc1. The number of anilines is 1. The minimum Gasteiger partial charge on any atom is -0.493 e. The Morgan fingerprint density at radius 2 is 1.63 bits per heavy atom. The van der Waals surface area contributed by atoms with Crippen LogP contribution in [0.3, 0.4) is 0 Å². The number of benzene rings is 2. The number of nitrogens with one attached hydrogen (secondary N) is 1. The Hall–Kier alpha value is -1.90. The largest absolute Gasteiger partial charge is 0.493 e. The van der Waals surface area contributed by atoms with Gasteiger partial charge in [-0.3, -0.25) is 4.79 Å². The molecule has 0 aliphatic carbocycles. The molecule has 2 rings (SSSR count). The van der Waals surface area contributed by atoms with Gasteiger partial charge in [0.25, 0.3) is 5.91 Å². The fourth-order valence-electron chi connectivity index (χ4n) is 2.93. The molecule has 0 bridgehead atoms. The Labute approximate surface area is 187 Å². The van der Waals surface area contributed by atoms with Crippen molar-refractivity contribution in [2.45, 2.75) is 44.9 Å². The lowest BCUT2D eigenvalue weighted by atomic mass is 10.2. The molecule has 0 unspecified atom stereocenters. The summed E-state index contributed by atoms with van der Waals surface area (Å²) < 4.78 is 33.7. The van der Waals surface area contributed by atoms with Crippen LogP contribution >= 0.6 is 15.9 Å². The number of hydrogen-bond donors (Lipinski definition) is 1. The summed E-state index contributed by atoms with van der Waals surface area (Å²) in [4.78, 5) is 13.0. The molecule has 6 nitrogen and oxygen atoms in total. The Balaban J connectivity index is 2.20. The van der Waals surface area contributed by atoms with Crippen LogP contribution in [0.25, 0.3) is 0 Å². The number of rotatable bonds is 11. The first-order valence-electron chi connectivity index (χ1n) is 10.2. The van der Waals surface area contributed by atoms with Gasteiger partial charge in [-0.25, -0.2) is 8.42 Å². The van der Waals surface area contributed by atoms with E-state index in [0.29, 0.717) is 36.7 Å². The molecule has 1 amide bonds. The summed E-state index contributed by atoms with van der Waals surface area (Å²) in [5, 5.41) is 2.81. The fourth-order valence-corrected chi connectivity index (χ4v) is 4.91. The van der Waals surface area contributed by atoms with Crippen LogP contribution in [0.5, 0.6) is 5.75 Å². The van der Waals surface area contributed by atoms with Gasteiger partial charge in [0.2, 0.25) is 10.0 Å². The van der Waals surface area contributed by atoms with Crippen molar-refractivity contribution < 1.29 is 17.9 Å². The van der Waals surface area contributed by atoms with Crippen molar-refractivity contribution in [1.82, 2.24) is 4.31 Å². The smallest absolute Gasteiger partial charge is 0.259 e. The highest BCUT2D eigenvalue weighted by Crippen LogP contribution is 2.25. The maximum absolute atomic E-state index is 12.9. The summed E-state index contributed by atoms with van der Waals surface area (Å²) in [6.07, 6.45) is 2.34. The fraction of sp³-hybridized carbons (Fsp3) is 0.409. The van der Waals surface area contributed by atoms with Gasteiger partial charge in [0, 0.05) is 23.2 Å². The van der Waals surface area contributed by atoms with Gasteiger partial charge < -0.3 is 10.1 Å². The summed E-state index contributed by atoms with van der Waals surface area (Å²) in [6, 6.07) is 11.5. The third-order valence-corrected chi connectivity index (χ3v) is 6.75. The first-order chi connectivity index (χ1) is 14.3. The number of carbonyl (C=O) groups is 1. The molecule has 0 heterocycles. The molecule has 0 radical (unpaired) electrons. The summed E-state index contributed by atoms with van der Waals surface area (Å²) >= 11 is 3.38. The van der Waals surface area contributed by atoms with Crippen molar-refractivity contribution in [2.24, 2.45) is 0 Å². The number of hydrogen-bond acceptors (Lipinski definition) is 4. The predicted octanol–water partition coefficient (Wildman–Crippen LogP) is 5.30. The van der Waals surface area contributed by atoms with Gasteiger partial charge in [0.05, 0.1) is 17.1 Å². The first-order valence-corrected chi connectivity index (χ1v) is 12.4. The molecular formula is C22H29BrN2O4S. The van der Waals surface area contributed by atoms with E-state index < -0.39 is 10.0 Å². The Kier molecular flexibility index (Phi) is 9.33. The number of halogens is 1. The van der Waals surface area contributed by atoms with E-state index in [9.17, 15) is 13.2 Å². The van der Waals surface area contributed by atoms with Crippen LogP contribution < -0.4 is 10.1 Å². The zero-order valence-electron chi connectivity index (χ0n) is 17.7. The number of amides is 1. The summed E-state index contributed by atoms with van der Waals surface area (Å²) in [6.45, 7) is 7.39. The minimum atomic E-state index is -3.55. The third-order valence-electron chi connectivity index (χ3n) is 4.34. The van der Waals surface area contributed by atoms with Crippen LogP contribution in [0, 0.1) is 0 Å². The molecular weight excluding hydrogens is 468 g/mol. The van der Waals surface area contributed by atoms with Crippen molar-refractivity contribution in [3.8, 4) is 5.75 Å². The van der Waals surface area contributed by atoms with E-state index >= 15 is 0 Å². The molecule has 0 aliphatic rings. The lowest BCUT2D eigenvalue weighted by molar-refractivity contribution is 0.102. The van der Waals surface area contributed by atoms with Crippen molar-refractivity contribution in [3.63, 3.8) is 0 Å². The summed E-state index contributed by atoms with van der Waals surface area (Å²) in [5.41, 5.74) is 0.921. The van der Waals surface area contributed by atoms with E-state index in [2.05, 4.69) is 21.2 Å². The molecule has 8 heteroatoms. The molecule has 0 aromatic heterocycles. The highest BCUT2D eigenvalue weighted by molar-refractivity contribution is 9.10. The maximum atomic E-state index is 12.9. The van der Waals surface area contributed by atoms with Crippen LogP contribution in [0.2, 0.25) is 0 Å². The van der Waals surface area contributed by atoms with Gasteiger partial charge in [0.1, 0.15) is 5.75 Å². The topological polar surface area (TPSA) is 75.7 Å². The van der Waals surface area contributed by atoms with Crippen LogP contribution in [0.1, 0.15) is 50.4 Å². The van der Waals surface area contributed by atoms with Gasteiger partial charge in [-0.05, 0) is 61.7 Å². The second-order valence-electron chi connectivity index (χ2n) is 6.87. The summed E-state index contributed by atoms with van der Waals surface area (Å²) in [5.74, 6) is 0.183. The lowest BCUT2D eigenvalue weighted by Crippen LogP contribution is -2.32. The Morgan fingerprint density at radius 1 is 1.00 bits per heavy atom. The predicted molar refractivity (Wildman–Crippen MR) is 124 cm³/mol. The van der Waals surface area contributed by atoms with E-state index in [-0.39, 0.29) is 10.8 Å². The standard InChI is InChI=1S/C22H29BrN2O4S/c1-4-13-25(14-5-2)30(27,28)19-10-8-18(9-11-19)24-22(26)20-16-17(23)7-12-21(20)29-15-6-3/h7-12,16H,4-6,13-15H2,1-3H3,(H,24,26). The monoisotopic (exact) mass is 496 g/mol. The molecule has 0 atom stereocenters. The highest BCUT2D eigenvalue weighted by atomic mass is 79.9. The molecule has 0 saturated carbocycles. The number of carbonyl (C=O) groups excluding carboxylic acids is 1. The molecule has 164 valence electrons. The van der Waals surface area contributed by atoms with E-state index in [1.807, 2.05) is 26.8 Å². The molecule has 30 heavy (non-hydrogen) atoms. The Bertz CT molecular complexity index is 940. The van der Waals surface area contributed by atoms with Gasteiger partial charge >= 0.3 is 0 Å². The zero-order valence-corrected chi connectivity index (χ0v) is 20.1. The zero-order chi connectivity index (χ0) is 22.1. The number of sulfonamides is 1. The molecule has 0 aliphatic heterocycles. The van der Waals surface area contributed by atoms with E-state index in [1.54, 1.807) is 24.3 Å². The second-order valence-corrected chi connectivity index (χ2v) is 9.73. The average Bonchev–Trinajstić information content (AvgIpc) is 2.73. The van der Waals surface area contributed by atoms with Crippen LogP contribution in [0.15, 0.2) is 51.8 Å². The molecule has 0 fully saturated rings. The Morgan fingerprint density at radius 3 is 2.20 bits per heavy atom. The van der Waals surface area contributed by atoms with Gasteiger partial charge in [-0.15, -0.1) is 0 Å². The number of nitrogens with zero attached hydrogens (tertiary/aromatic N) is 1. The van der Waals surface area contributed by atoms with Gasteiger partial charge in [0.15, 0.2) is 0 Å². The van der Waals surface area contributed by atoms with Crippen molar-refractivity contribution >= 4 is 37.5 Å².